The monoisotopic (exact) mass is 441 g/mol. The van der Waals surface area contributed by atoms with Crippen molar-refractivity contribution in [2.75, 3.05) is 30.6 Å². The van der Waals surface area contributed by atoms with Gasteiger partial charge in [-0.1, -0.05) is 0 Å². The molecule has 9 nitrogen and oxygen atoms in total. The molecule has 0 spiro atoms. The summed E-state index contributed by atoms with van der Waals surface area (Å²) in [6, 6.07) is 13.3. The second-order valence-electron chi connectivity index (χ2n) is 6.67. The molecule has 3 aromatic rings. The number of hydrogen-bond donors (Lipinski definition) is 2. The van der Waals surface area contributed by atoms with Crippen LogP contribution in [0.5, 0.6) is 11.6 Å². The van der Waals surface area contributed by atoms with E-state index in [1.807, 2.05) is 6.92 Å². The number of methoxy groups -OCH3 is 1. The third-order valence-electron chi connectivity index (χ3n) is 4.07. The molecule has 2 aromatic heterocycles. The van der Waals surface area contributed by atoms with Crippen molar-refractivity contribution in [3.05, 3.63) is 60.3 Å². The lowest BCUT2D eigenvalue weighted by Crippen LogP contribution is -2.22. The van der Waals surface area contributed by atoms with Crippen LogP contribution >= 0.6 is 0 Å². The van der Waals surface area contributed by atoms with Crippen LogP contribution in [-0.4, -0.2) is 51.3 Å². The van der Waals surface area contributed by atoms with Gasteiger partial charge in [0, 0.05) is 52.9 Å². The number of aromatic nitrogens is 3. The SMILES string of the molecule is COCC(C)Nc1cc(C(=O)Nc2cccnn2)cc(Oc2ccc(S(C)=O)cc2)n1. The standard InChI is InChI=1S/C21H23N5O4S/c1-14(13-29-2)23-19-11-15(21(27)25-18-5-4-10-22-26-18)12-20(24-19)30-16-6-8-17(9-7-16)31(3)28/h4-12,14H,13H2,1-3H3,(H,23,24)(H,25,26,27). The highest BCUT2D eigenvalue weighted by Crippen LogP contribution is 2.24. The minimum Gasteiger partial charge on any atom is -0.439 e. The Morgan fingerprint density at radius 2 is 1.94 bits per heavy atom. The summed E-state index contributed by atoms with van der Waals surface area (Å²) in [5.41, 5.74) is 0.328. The highest BCUT2D eigenvalue weighted by molar-refractivity contribution is 7.84. The molecule has 1 amide bonds. The summed E-state index contributed by atoms with van der Waals surface area (Å²) in [4.78, 5) is 17.9. The molecule has 2 N–H and O–H groups in total. The first-order valence-corrected chi connectivity index (χ1v) is 11.0. The Hall–Kier alpha value is -3.37. The fourth-order valence-corrected chi connectivity index (χ4v) is 3.20. The van der Waals surface area contributed by atoms with Crippen molar-refractivity contribution in [3.8, 4) is 11.6 Å². The number of benzene rings is 1. The number of anilines is 2. The average Bonchev–Trinajstić information content (AvgIpc) is 2.75. The van der Waals surface area contributed by atoms with E-state index in [1.54, 1.807) is 55.8 Å². The van der Waals surface area contributed by atoms with Gasteiger partial charge >= 0.3 is 0 Å². The Kier molecular flexibility index (Phi) is 7.63. The van der Waals surface area contributed by atoms with Gasteiger partial charge in [0.2, 0.25) is 5.88 Å². The predicted octanol–water partition coefficient (Wildman–Crippen LogP) is 3.10. The molecule has 2 unspecified atom stereocenters. The second kappa shape index (κ2) is 10.6. The summed E-state index contributed by atoms with van der Waals surface area (Å²) in [5, 5.41) is 13.5. The number of carbonyl (C=O) groups excluding carboxylic acids is 1. The van der Waals surface area contributed by atoms with Gasteiger partial charge in [-0.05, 0) is 49.4 Å². The molecule has 0 aliphatic rings. The van der Waals surface area contributed by atoms with E-state index in [4.69, 9.17) is 9.47 Å². The van der Waals surface area contributed by atoms with E-state index in [1.165, 1.54) is 12.3 Å². The van der Waals surface area contributed by atoms with Gasteiger partial charge in [-0.25, -0.2) is 0 Å². The van der Waals surface area contributed by atoms with Crippen molar-refractivity contribution in [2.24, 2.45) is 0 Å². The smallest absolute Gasteiger partial charge is 0.257 e. The second-order valence-corrected chi connectivity index (χ2v) is 8.05. The molecule has 0 fully saturated rings. The van der Waals surface area contributed by atoms with Crippen molar-refractivity contribution in [3.63, 3.8) is 0 Å². The van der Waals surface area contributed by atoms with E-state index < -0.39 is 10.8 Å². The fourth-order valence-electron chi connectivity index (χ4n) is 2.68. The van der Waals surface area contributed by atoms with Crippen LogP contribution in [0.15, 0.2) is 59.6 Å². The zero-order valence-electron chi connectivity index (χ0n) is 17.4. The third-order valence-corrected chi connectivity index (χ3v) is 5.00. The van der Waals surface area contributed by atoms with Crippen LogP contribution < -0.4 is 15.4 Å². The van der Waals surface area contributed by atoms with Crippen molar-refractivity contribution in [2.45, 2.75) is 17.9 Å². The first-order valence-electron chi connectivity index (χ1n) is 9.42. The molecule has 2 atom stereocenters. The van der Waals surface area contributed by atoms with Crippen molar-refractivity contribution in [1.82, 2.24) is 15.2 Å². The molecule has 10 heteroatoms. The molecule has 2 heterocycles. The van der Waals surface area contributed by atoms with E-state index in [2.05, 4.69) is 25.8 Å². The van der Waals surface area contributed by atoms with Gasteiger partial charge in [0.1, 0.15) is 11.6 Å². The molecule has 0 radical (unpaired) electrons. The molecular weight excluding hydrogens is 418 g/mol. The molecule has 0 saturated carbocycles. The Balaban J connectivity index is 1.86. The maximum atomic E-state index is 12.8. The topological polar surface area (TPSA) is 115 Å². The van der Waals surface area contributed by atoms with Gasteiger partial charge in [-0.3, -0.25) is 9.00 Å². The number of pyridine rings is 1. The minimum atomic E-state index is -1.08. The average molecular weight is 442 g/mol. The Morgan fingerprint density at radius 1 is 1.16 bits per heavy atom. The van der Waals surface area contributed by atoms with E-state index in [9.17, 15) is 9.00 Å². The van der Waals surface area contributed by atoms with Crippen molar-refractivity contribution in [1.29, 1.82) is 0 Å². The Labute approximate surface area is 182 Å². The Morgan fingerprint density at radius 3 is 2.58 bits per heavy atom. The highest BCUT2D eigenvalue weighted by atomic mass is 32.2. The molecule has 0 aliphatic carbocycles. The highest BCUT2D eigenvalue weighted by Gasteiger charge is 2.14. The van der Waals surface area contributed by atoms with Crippen molar-refractivity contribution >= 4 is 28.3 Å². The number of nitrogens with zero attached hydrogens (tertiary/aromatic N) is 3. The van der Waals surface area contributed by atoms with Crippen LogP contribution in [0, 0.1) is 0 Å². The zero-order chi connectivity index (χ0) is 22.2. The first kappa shape index (κ1) is 22.3. The van der Waals surface area contributed by atoms with Crippen molar-refractivity contribution < 1.29 is 18.5 Å². The van der Waals surface area contributed by atoms with Gasteiger partial charge < -0.3 is 20.1 Å². The number of hydrogen-bond acceptors (Lipinski definition) is 8. The molecule has 0 saturated heterocycles. The number of rotatable bonds is 9. The number of amides is 1. The Bertz CT molecular complexity index is 1050. The van der Waals surface area contributed by atoms with Gasteiger partial charge in [0.15, 0.2) is 5.82 Å². The molecular formula is C21H23N5O4S. The van der Waals surface area contributed by atoms with Gasteiger partial charge in [0.25, 0.3) is 5.91 Å². The van der Waals surface area contributed by atoms with Crippen LogP contribution in [0.3, 0.4) is 0 Å². The molecule has 162 valence electrons. The van der Waals surface area contributed by atoms with E-state index in [0.29, 0.717) is 34.5 Å². The molecule has 3 rings (SSSR count). The van der Waals surface area contributed by atoms with E-state index in [-0.39, 0.29) is 17.8 Å². The molecule has 1 aromatic carbocycles. The van der Waals surface area contributed by atoms with E-state index >= 15 is 0 Å². The quantitative estimate of drug-likeness (QED) is 0.520. The lowest BCUT2D eigenvalue weighted by molar-refractivity contribution is 0.102. The maximum absolute atomic E-state index is 12.8. The van der Waals surface area contributed by atoms with Crippen LogP contribution in [0.1, 0.15) is 17.3 Å². The number of carbonyl (C=O) groups is 1. The lowest BCUT2D eigenvalue weighted by atomic mass is 10.2. The maximum Gasteiger partial charge on any atom is 0.257 e. The van der Waals surface area contributed by atoms with Crippen LogP contribution in [0.25, 0.3) is 0 Å². The fraction of sp³-hybridized carbons (Fsp3) is 0.238. The molecule has 0 bridgehead atoms. The summed E-state index contributed by atoms with van der Waals surface area (Å²) in [5.74, 6) is 1.13. The first-order chi connectivity index (χ1) is 14.9. The predicted molar refractivity (Wildman–Crippen MR) is 118 cm³/mol. The van der Waals surface area contributed by atoms with Gasteiger partial charge in [-0.15, -0.1) is 5.10 Å². The van der Waals surface area contributed by atoms with Crippen LogP contribution in [0.4, 0.5) is 11.6 Å². The largest absolute Gasteiger partial charge is 0.439 e. The summed E-state index contributed by atoms with van der Waals surface area (Å²) in [6.07, 6.45) is 3.13. The van der Waals surface area contributed by atoms with Gasteiger partial charge in [0.05, 0.1) is 6.61 Å². The molecule has 31 heavy (non-hydrogen) atoms. The number of ether oxygens (including phenoxy) is 2. The molecule has 0 aliphatic heterocycles. The van der Waals surface area contributed by atoms with Gasteiger partial charge in [-0.2, -0.15) is 10.1 Å². The minimum absolute atomic E-state index is 0.0394. The summed E-state index contributed by atoms with van der Waals surface area (Å²) in [7, 11) is 0.526. The summed E-state index contributed by atoms with van der Waals surface area (Å²) < 4.78 is 22.6. The summed E-state index contributed by atoms with van der Waals surface area (Å²) >= 11 is 0. The normalized spacial score (nSPS) is 12.6. The van der Waals surface area contributed by atoms with Crippen LogP contribution in [-0.2, 0) is 15.5 Å². The zero-order valence-corrected chi connectivity index (χ0v) is 18.2. The van der Waals surface area contributed by atoms with E-state index in [0.717, 1.165) is 0 Å². The number of nitrogens with one attached hydrogen (secondary N) is 2. The third kappa shape index (κ3) is 6.56. The van der Waals surface area contributed by atoms with Crippen LogP contribution in [0.2, 0.25) is 0 Å². The lowest BCUT2D eigenvalue weighted by Gasteiger charge is -2.15. The summed E-state index contributed by atoms with van der Waals surface area (Å²) in [6.45, 7) is 2.39.